The lowest BCUT2D eigenvalue weighted by molar-refractivity contribution is -0.141. The molecule has 19 heavy (non-hydrogen) atoms. The molecule has 1 heterocycles. The van der Waals surface area contributed by atoms with Crippen molar-refractivity contribution in [1.29, 1.82) is 0 Å². The van der Waals surface area contributed by atoms with E-state index in [1.807, 2.05) is 12.1 Å². The standard InChI is InChI=1S/C14H15NO4/c1-8(14(17)18)6-10-7-9-4-3-5-11(19-2)12(9)15-13(10)16/h3-5,7-8H,6H2,1-2H3,(H,15,16)(H,17,18). The molecule has 100 valence electrons. The van der Waals surface area contributed by atoms with Gasteiger partial charge in [0.1, 0.15) is 5.75 Å². The molecule has 5 nitrogen and oxygen atoms in total. The summed E-state index contributed by atoms with van der Waals surface area (Å²) in [5, 5.41) is 9.72. The van der Waals surface area contributed by atoms with E-state index in [2.05, 4.69) is 4.98 Å². The van der Waals surface area contributed by atoms with Crippen LogP contribution in [0.5, 0.6) is 5.75 Å². The SMILES string of the molecule is COc1cccc2cc(CC(C)C(=O)O)c(=O)[nH]c12. The third-order valence-electron chi connectivity index (χ3n) is 3.09. The lowest BCUT2D eigenvalue weighted by Crippen LogP contribution is -2.19. The first kappa shape index (κ1) is 13.1. The number of pyridine rings is 1. The summed E-state index contributed by atoms with van der Waals surface area (Å²) in [5.41, 5.74) is 0.822. The van der Waals surface area contributed by atoms with Gasteiger partial charge in [-0.25, -0.2) is 0 Å². The molecule has 0 aliphatic carbocycles. The van der Waals surface area contributed by atoms with Gasteiger partial charge in [0.25, 0.3) is 5.56 Å². The lowest BCUT2D eigenvalue weighted by atomic mass is 10.0. The first-order chi connectivity index (χ1) is 9.02. The zero-order chi connectivity index (χ0) is 14.0. The molecule has 0 amide bonds. The number of hydrogen-bond donors (Lipinski definition) is 2. The summed E-state index contributed by atoms with van der Waals surface area (Å²) in [5.74, 6) is -0.915. The molecule has 0 fully saturated rings. The van der Waals surface area contributed by atoms with Crippen molar-refractivity contribution in [2.75, 3.05) is 7.11 Å². The highest BCUT2D eigenvalue weighted by Crippen LogP contribution is 2.22. The minimum absolute atomic E-state index is 0.206. The highest BCUT2D eigenvalue weighted by Gasteiger charge is 2.15. The number of fused-ring (bicyclic) bond motifs is 1. The molecular formula is C14H15NO4. The molecule has 0 saturated heterocycles. The summed E-state index contributed by atoms with van der Waals surface area (Å²) in [4.78, 5) is 25.6. The number of aromatic amines is 1. The number of methoxy groups -OCH3 is 1. The van der Waals surface area contributed by atoms with Gasteiger partial charge in [-0.1, -0.05) is 19.1 Å². The van der Waals surface area contributed by atoms with Gasteiger partial charge in [-0.3, -0.25) is 9.59 Å². The Labute approximate surface area is 109 Å². The van der Waals surface area contributed by atoms with Crippen LogP contribution in [-0.4, -0.2) is 23.2 Å². The van der Waals surface area contributed by atoms with E-state index in [9.17, 15) is 9.59 Å². The van der Waals surface area contributed by atoms with E-state index in [0.717, 1.165) is 5.39 Å². The third-order valence-corrected chi connectivity index (χ3v) is 3.09. The molecule has 1 unspecified atom stereocenters. The van der Waals surface area contributed by atoms with E-state index >= 15 is 0 Å². The largest absolute Gasteiger partial charge is 0.495 e. The molecule has 0 aliphatic heterocycles. The van der Waals surface area contributed by atoms with Crippen molar-refractivity contribution in [2.45, 2.75) is 13.3 Å². The Hall–Kier alpha value is -2.30. The normalized spacial score (nSPS) is 12.3. The molecule has 1 atom stereocenters. The summed E-state index contributed by atoms with van der Waals surface area (Å²) in [6.45, 7) is 1.58. The highest BCUT2D eigenvalue weighted by molar-refractivity contribution is 5.84. The number of benzene rings is 1. The Morgan fingerprint density at radius 3 is 2.84 bits per heavy atom. The average Bonchev–Trinajstić information content (AvgIpc) is 2.38. The molecule has 5 heteroatoms. The number of aromatic nitrogens is 1. The zero-order valence-electron chi connectivity index (χ0n) is 10.8. The van der Waals surface area contributed by atoms with Gasteiger partial charge in [0.15, 0.2) is 0 Å². The van der Waals surface area contributed by atoms with Crippen molar-refractivity contribution in [1.82, 2.24) is 4.98 Å². The van der Waals surface area contributed by atoms with Crippen LogP contribution in [0.4, 0.5) is 0 Å². The Bertz CT molecular complexity index is 675. The summed E-state index contributed by atoms with van der Waals surface area (Å²) >= 11 is 0. The number of ether oxygens (including phenoxy) is 1. The predicted molar refractivity (Wildman–Crippen MR) is 71.6 cm³/mol. The van der Waals surface area contributed by atoms with Gasteiger partial charge >= 0.3 is 5.97 Å². The van der Waals surface area contributed by atoms with Crippen molar-refractivity contribution in [3.05, 3.63) is 40.2 Å². The number of aliphatic carboxylic acids is 1. The molecule has 2 rings (SSSR count). The highest BCUT2D eigenvalue weighted by atomic mass is 16.5. The molecule has 0 radical (unpaired) electrons. The van der Waals surface area contributed by atoms with Crippen LogP contribution >= 0.6 is 0 Å². The fourth-order valence-corrected chi connectivity index (χ4v) is 1.99. The fourth-order valence-electron chi connectivity index (χ4n) is 1.99. The minimum Gasteiger partial charge on any atom is -0.495 e. The number of carbonyl (C=O) groups is 1. The Balaban J connectivity index is 2.51. The summed E-state index contributed by atoms with van der Waals surface area (Å²) < 4.78 is 5.18. The number of H-pyrrole nitrogens is 1. The Morgan fingerprint density at radius 2 is 2.21 bits per heavy atom. The van der Waals surface area contributed by atoms with E-state index in [-0.39, 0.29) is 12.0 Å². The van der Waals surface area contributed by atoms with E-state index in [4.69, 9.17) is 9.84 Å². The summed E-state index contributed by atoms with van der Waals surface area (Å²) in [6, 6.07) is 7.15. The lowest BCUT2D eigenvalue weighted by Gasteiger charge is -2.08. The molecule has 0 saturated carbocycles. The monoisotopic (exact) mass is 261 g/mol. The van der Waals surface area contributed by atoms with Crippen molar-refractivity contribution < 1.29 is 14.6 Å². The van der Waals surface area contributed by atoms with E-state index < -0.39 is 11.9 Å². The number of para-hydroxylation sites is 1. The maximum atomic E-state index is 12.0. The van der Waals surface area contributed by atoms with Gasteiger partial charge in [-0.2, -0.15) is 0 Å². The number of carboxylic acid groups (broad SMARTS) is 1. The van der Waals surface area contributed by atoms with Gasteiger partial charge in [-0.05, 0) is 18.6 Å². The Morgan fingerprint density at radius 1 is 1.47 bits per heavy atom. The van der Waals surface area contributed by atoms with Crippen LogP contribution in [-0.2, 0) is 11.2 Å². The molecule has 2 aromatic rings. The van der Waals surface area contributed by atoms with Crippen LogP contribution in [0.2, 0.25) is 0 Å². The molecule has 0 spiro atoms. The van der Waals surface area contributed by atoms with E-state index in [1.165, 1.54) is 7.11 Å². The van der Waals surface area contributed by atoms with Gasteiger partial charge in [0.2, 0.25) is 0 Å². The van der Waals surface area contributed by atoms with Gasteiger partial charge in [0, 0.05) is 10.9 Å². The number of hydrogen-bond acceptors (Lipinski definition) is 3. The van der Waals surface area contributed by atoms with E-state index in [1.54, 1.807) is 19.1 Å². The molecular weight excluding hydrogens is 246 g/mol. The molecule has 1 aromatic carbocycles. The second kappa shape index (κ2) is 5.14. The maximum absolute atomic E-state index is 12.0. The van der Waals surface area contributed by atoms with Crippen LogP contribution in [0.1, 0.15) is 12.5 Å². The van der Waals surface area contributed by atoms with Crippen molar-refractivity contribution >= 4 is 16.9 Å². The Kier molecular flexibility index (Phi) is 3.55. The molecule has 0 bridgehead atoms. The second-order valence-corrected chi connectivity index (χ2v) is 4.49. The summed E-state index contributed by atoms with van der Waals surface area (Å²) in [7, 11) is 1.54. The topological polar surface area (TPSA) is 79.4 Å². The smallest absolute Gasteiger partial charge is 0.306 e. The van der Waals surface area contributed by atoms with Crippen molar-refractivity contribution in [3.8, 4) is 5.75 Å². The predicted octanol–water partition coefficient (Wildman–Crippen LogP) is 1.80. The van der Waals surface area contributed by atoms with Crippen LogP contribution in [0.15, 0.2) is 29.1 Å². The number of nitrogens with one attached hydrogen (secondary N) is 1. The fraction of sp³-hybridized carbons (Fsp3) is 0.286. The maximum Gasteiger partial charge on any atom is 0.306 e. The van der Waals surface area contributed by atoms with Gasteiger partial charge in [-0.15, -0.1) is 0 Å². The second-order valence-electron chi connectivity index (χ2n) is 4.49. The molecule has 2 N–H and O–H groups in total. The minimum atomic E-state index is -0.912. The van der Waals surface area contributed by atoms with Crippen LogP contribution in [0, 0.1) is 5.92 Å². The number of carboxylic acids is 1. The van der Waals surface area contributed by atoms with Crippen molar-refractivity contribution in [2.24, 2.45) is 5.92 Å². The number of rotatable bonds is 4. The van der Waals surface area contributed by atoms with Gasteiger partial charge in [0.05, 0.1) is 18.5 Å². The quantitative estimate of drug-likeness (QED) is 0.879. The van der Waals surface area contributed by atoms with Crippen LogP contribution in [0.3, 0.4) is 0 Å². The summed E-state index contributed by atoms with van der Waals surface area (Å²) in [6.07, 6.45) is 0.206. The first-order valence-electron chi connectivity index (χ1n) is 5.94. The zero-order valence-corrected chi connectivity index (χ0v) is 10.8. The third kappa shape index (κ3) is 2.59. The van der Waals surface area contributed by atoms with Gasteiger partial charge < -0.3 is 14.8 Å². The van der Waals surface area contributed by atoms with Crippen LogP contribution < -0.4 is 10.3 Å². The molecule has 1 aromatic heterocycles. The first-order valence-corrected chi connectivity index (χ1v) is 5.94. The van der Waals surface area contributed by atoms with Crippen LogP contribution in [0.25, 0.3) is 10.9 Å². The average molecular weight is 261 g/mol. The molecule has 0 aliphatic rings. The van der Waals surface area contributed by atoms with E-state index in [0.29, 0.717) is 16.8 Å². The van der Waals surface area contributed by atoms with Crippen molar-refractivity contribution in [3.63, 3.8) is 0 Å².